The fourth-order valence-electron chi connectivity index (χ4n) is 3.29. The normalized spacial score (nSPS) is 14.4. The highest BCUT2D eigenvalue weighted by Crippen LogP contribution is 2.33. The predicted octanol–water partition coefficient (Wildman–Crippen LogP) is 5.24. The van der Waals surface area contributed by atoms with Crippen molar-refractivity contribution in [2.45, 2.75) is 45.8 Å². The fourth-order valence-corrected chi connectivity index (χ4v) is 3.64. The lowest BCUT2D eigenvalue weighted by atomic mass is 10.1. The molecule has 1 aliphatic heterocycles. The van der Waals surface area contributed by atoms with Crippen LogP contribution in [-0.4, -0.2) is 35.1 Å². The number of carbonyl (C=O) groups is 2. The molecule has 2 aromatic carbocycles. The number of nitrogens with zero attached hydrogens (tertiary/aromatic N) is 2. The van der Waals surface area contributed by atoms with Crippen molar-refractivity contribution in [3.05, 3.63) is 64.1 Å². The summed E-state index contributed by atoms with van der Waals surface area (Å²) in [5.74, 6) is -0.130. The van der Waals surface area contributed by atoms with Crippen LogP contribution in [-0.2, 0) is 11.2 Å². The highest BCUT2D eigenvalue weighted by molar-refractivity contribution is 9.10. The van der Waals surface area contributed by atoms with Gasteiger partial charge >= 0.3 is 6.09 Å². The second-order valence-corrected chi connectivity index (χ2v) is 8.79. The number of fused-ring (bicyclic) bond motifs is 1. The van der Waals surface area contributed by atoms with E-state index in [1.807, 2.05) is 62.2 Å². The highest BCUT2D eigenvalue weighted by atomic mass is 79.9. The summed E-state index contributed by atoms with van der Waals surface area (Å²) in [7, 11) is 0. The van der Waals surface area contributed by atoms with E-state index in [2.05, 4.69) is 15.9 Å². The predicted molar refractivity (Wildman–Crippen MR) is 113 cm³/mol. The Balaban J connectivity index is 1.98. The topological polar surface area (TPSA) is 49.9 Å². The monoisotopic (exact) mass is 444 g/mol. The smallest absolute Gasteiger partial charge is 0.430 e. The largest absolute Gasteiger partial charge is 0.442 e. The fraction of sp³-hybridized carbons (Fsp3) is 0.364. The molecule has 0 fully saturated rings. The number of hydrogen-bond acceptors (Lipinski definition) is 4. The molecule has 3 rings (SSSR count). The number of ketones is 1. The number of hydrazine groups is 1. The Morgan fingerprint density at radius 2 is 1.82 bits per heavy atom. The summed E-state index contributed by atoms with van der Waals surface area (Å²) in [4.78, 5) is 26.2. The Morgan fingerprint density at radius 3 is 2.46 bits per heavy atom. The van der Waals surface area contributed by atoms with E-state index in [1.54, 1.807) is 19.1 Å². The van der Waals surface area contributed by atoms with E-state index in [-0.39, 0.29) is 5.78 Å². The Hall–Kier alpha value is -2.34. The molecule has 0 N–H and O–H groups in total. The molecule has 5 nitrogen and oxygen atoms in total. The third-order valence-corrected chi connectivity index (χ3v) is 5.06. The summed E-state index contributed by atoms with van der Waals surface area (Å²) in [6.45, 7) is 7.82. The van der Waals surface area contributed by atoms with Crippen molar-refractivity contribution in [1.82, 2.24) is 5.01 Å². The maximum absolute atomic E-state index is 13.1. The lowest BCUT2D eigenvalue weighted by Crippen LogP contribution is -2.55. The first kappa shape index (κ1) is 20.4. The van der Waals surface area contributed by atoms with E-state index in [0.29, 0.717) is 12.1 Å². The van der Waals surface area contributed by atoms with Crippen molar-refractivity contribution in [1.29, 1.82) is 0 Å². The minimum Gasteiger partial charge on any atom is -0.442 e. The maximum Gasteiger partial charge on any atom is 0.430 e. The van der Waals surface area contributed by atoms with Crippen LogP contribution in [0.5, 0.6) is 0 Å². The number of hydrogen-bond donors (Lipinski definition) is 0. The molecular formula is C22H25BrN2O3. The van der Waals surface area contributed by atoms with Crippen molar-refractivity contribution in [2.24, 2.45) is 0 Å². The van der Waals surface area contributed by atoms with Crippen LogP contribution in [0, 0.1) is 0 Å². The van der Waals surface area contributed by atoms with Gasteiger partial charge in [-0.15, -0.1) is 0 Å². The van der Waals surface area contributed by atoms with Crippen LogP contribution in [0.4, 0.5) is 10.5 Å². The van der Waals surface area contributed by atoms with Crippen molar-refractivity contribution in [3.63, 3.8) is 0 Å². The van der Waals surface area contributed by atoms with Gasteiger partial charge in [-0.3, -0.25) is 9.80 Å². The molecule has 0 spiro atoms. The third kappa shape index (κ3) is 4.38. The van der Waals surface area contributed by atoms with Crippen molar-refractivity contribution < 1.29 is 14.3 Å². The molecule has 1 heterocycles. The van der Waals surface area contributed by atoms with E-state index in [9.17, 15) is 9.59 Å². The van der Waals surface area contributed by atoms with Gasteiger partial charge < -0.3 is 4.74 Å². The molecule has 28 heavy (non-hydrogen) atoms. The maximum atomic E-state index is 13.1. The molecule has 6 heteroatoms. The van der Waals surface area contributed by atoms with Gasteiger partial charge in [-0.25, -0.2) is 9.80 Å². The van der Waals surface area contributed by atoms with Crippen molar-refractivity contribution in [2.75, 3.05) is 11.6 Å². The van der Waals surface area contributed by atoms with E-state index in [0.717, 1.165) is 22.1 Å². The average molecular weight is 445 g/mol. The lowest BCUT2D eigenvalue weighted by molar-refractivity contribution is 0.0151. The number of benzene rings is 2. The number of halogens is 1. The Bertz CT molecular complexity index is 877. The molecule has 1 amide bonds. The SMILES string of the molecule is CC(C(=O)c1ccccc1)N(C(=O)OC(C)(C)C)N1CCc2ccc(Br)cc21. The van der Waals surface area contributed by atoms with Crippen molar-refractivity contribution in [3.8, 4) is 0 Å². The number of rotatable bonds is 4. The first-order chi connectivity index (χ1) is 13.2. The third-order valence-electron chi connectivity index (χ3n) is 4.56. The van der Waals surface area contributed by atoms with Crippen LogP contribution in [0.1, 0.15) is 43.6 Å². The quantitative estimate of drug-likeness (QED) is 0.605. The zero-order chi connectivity index (χ0) is 20.5. The van der Waals surface area contributed by atoms with Gasteiger partial charge in [0.15, 0.2) is 5.78 Å². The van der Waals surface area contributed by atoms with Crippen LogP contribution in [0.25, 0.3) is 0 Å². The molecule has 0 aromatic heterocycles. The van der Waals surface area contributed by atoms with Gasteiger partial charge in [0.05, 0.1) is 5.69 Å². The number of ether oxygens (including phenoxy) is 1. The minimum absolute atomic E-state index is 0.130. The average Bonchev–Trinajstić information content (AvgIpc) is 3.03. The van der Waals surface area contributed by atoms with Gasteiger partial charge in [0.25, 0.3) is 0 Å². The van der Waals surface area contributed by atoms with Gasteiger partial charge in [-0.05, 0) is 51.8 Å². The van der Waals surface area contributed by atoms with E-state index < -0.39 is 17.7 Å². The molecular weight excluding hydrogens is 420 g/mol. The number of carbonyl (C=O) groups excluding carboxylic acids is 2. The molecule has 0 bridgehead atoms. The summed E-state index contributed by atoms with van der Waals surface area (Å²) in [6.07, 6.45) is 0.269. The van der Waals surface area contributed by atoms with Crippen LogP contribution in [0.3, 0.4) is 0 Å². The van der Waals surface area contributed by atoms with E-state index >= 15 is 0 Å². The van der Waals surface area contributed by atoms with Gasteiger partial charge in [-0.1, -0.05) is 52.3 Å². The second kappa shape index (κ2) is 7.95. The molecule has 0 radical (unpaired) electrons. The van der Waals surface area contributed by atoms with Crippen LogP contribution >= 0.6 is 15.9 Å². The van der Waals surface area contributed by atoms with E-state index in [1.165, 1.54) is 5.01 Å². The highest BCUT2D eigenvalue weighted by Gasteiger charge is 2.37. The molecule has 0 saturated carbocycles. The Morgan fingerprint density at radius 1 is 1.14 bits per heavy atom. The molecule has 1 aliphatic rings. The Kier molecular flexibility index (Phi) is 5.79. The first-order valence-electron chi connectivity index (χ1n) is 9.35. The molecule has 0 saturated heterocycles. The van der Waals surface area contributed by atoms with E-state index in [4.69, 9.17) is 4.74 Å². The molecule has 2 aromatic rings. The second-order valence-electron chi connectivity index (χ2n) is 7.88. The molecule has 1 atom stereocenters. The number of amides is 1. The number of Topliss-reactive ketones (excluding diaryl/α,β-unsaturated/α-hetero) is 1. The molecule has 0 aliphatic carbocycles. The van der Waals surface area contributed by atoms with Crippen LogP contribution in [0.2, 0.25) is 0 Å². The van der Waals surface area contributed by atoms with Crippen LogP contribution in [0.15, 0.2) is 53.0 Å². The zero-order valence-corrected chi connectivity index (χ0v) is 18.2. The lowest BCUT2D eigenvalue weighted by Gasteiger charge is -2.38. The Labute approximate surface area is 174 Å². The summed E-state index contributed by atoms with van der Waals surface area (Å²) >= 11 is 3.50. The molecule has 148 valence electrons. The number of anilines is 1. The summed E-state index contributed by atoms with van der Waals surface area (Å²) in [6, 6.07) is 14.3. The summed E-state index contributed by atoms with van der Waals surface area (Å²) in [5.41, 5.74) is 1.95. The zero-order valence-electron chi connectivity index (χ0n) is 16.6. The van der Waals surface area contributed by atoms with Crippen molar-refractivity contribution >= 4 is 33.5 Å². The minimum atomic E-state index is -0.706. The van der Waals surface area contributed by atoms with Gasteiger partial charge in [0, 0.05) is 16.6 Å². The van der Waals surface area contributed by atoms with Gasteiger partial charge in [0.1, 0.15) is 11.6 Å². The van der Waals surface area contributed by atoms with Gasteiger partial charge in [0.2, 0.25) is 0 Å². The molecule has 1 unspecified atom stereocenters. The first-order valence-corrected chi connectivity index (χ1v) is 10.1. The summed E-state index contributed by atoms with van der Waals surface area (Å²) < 4.78 is 6.57. The standard InChI is InChI=1S/C22H25BrN2O3/c1-15(20(26)17-8-6-5-7-9-17)25(21(27)28-22(2,3)4)24-13-12-16-10-11-18(23)14-19(16)24/h5-11,14-15H,12-13H2,1-4H3. The summed E-state index contributed by atoms with van der Waals surface area (Å²) in [5, 5.41) is 3.32. The van der Waals surface area contributed by atoms with Gasteiger partial charge in [-0.2, -0.15) is 0 Å². The van der Waals surface area contributed by atoms with Crippen LogP contribution < -0.4 is 5.01 Å².